The van der Waals surface area contributed by atoms with Crippen molar-refractivity contribution in [3.8, 4) is 0 Å². The number of carbonyl (C=O) groups is 1. The molecule has 1 saturated carbocycles. The van der Waals surface area contributed by atoms with E-state index in [1.165, 1.54) is 12.0 Å². The molecule has 3 rings (SSSR count). The minimum Gasteiger partial charge on any atom is -0.299 e. The Hall–Kier alpha value is -1.15. The van der Waals surface area contributed by atoms with Crippen molar-refractivity contribution in [2.24, 2.45) is 11.3 Å². The fourth-order valence-corrected chi connectivity index (χ4v) is 3.65. The van der Waals surface area contributed by atoms with Gasteiger partial charge in [-0.15, -0.1) is 0 Å². The lowest BCUT2D eigenvalue weighted by atomic mass is 9.66. The number of likely N-dealkylation sites (tertiary alicyclic amines) is 1. The molecule has 1 aliphatic carbocycles. The van der Waals surface area contributed by atoms with Crippen LogP contribution in [0.4, 0.5) is 0 Å². The smallest absolute Gasteiger partial charge is 0.144 e. The Bertz CT molecular complexity index is 442. The lowest BCUT2D eigenvalue weighted by molar-refractivity contribution is -0.143. The minimum atomic E-state index is -0.0735. The van der Waals surface area contributed by atoms with Gasteiger partial charge in [0.25, 0.3) is 0 Å². The largest absolute Gasteiger partial charge is 0.299 e. The van der Waals surface area contributed by atoms with Crippen LogP contribution in [-0.4, -0.2) is 23.8 Å². The first-order chi connectivity index (χ1) is 8.67. The van der Waals surface area contributed by atoms with Gasteiger partial charge in [-0.3, -0.25) is 9.69 Å². The third-order valence-electron chi connectivity index (χ3n) is 4.55. The molecule has 0 amide bonds. The molecule has 2 heteroatoms. The summed E-state index contributed by atoms with van der Waals surface area (Å²) in [5.74, 6) is 0.819. The van der Waals surface area contributed by atoms with Crippen LogP contribution in [0.5, 0.6) is 0 Å². The zero-order valence-corrected chi connectivity index (χ0v) is 11.1. The average Bonchev–Trinajstić information content (AvgIpc) is 2.34. The van der Waals surface area contributed by atoms with Gasteiger partial charge < -0.3 is 0 Å². The van der Waals surface area contributed by atoms with Crippen LogP contribution >= 0.6 is 0 Å². The van der Waals surface area contributed by atoms with Gasteiger partial charge in [0, 0.05) is 31.0 Å². The predicted molar refractivity (Wildman–Crippen MR) is 72.2 cm³/mol. The number of rotatable bonds is 2. The van der Waals surface area contributed by atoms with Crippen molar-refractivity contribution >= 4 is 5.78 Å². The Morgan fingerprint density at radius 1 is 1.33 bits per heavy atom. The fraction of sp³-hybridized carbons (Fsp3) is 0.562. The monoisotopic (exact) mass is 243 g/mol. The van der Waals surface area contributed by atoms with Gasteiger partial charge in [0.2, 0.25) is 0 Å². The van der Waals surface area contributed by atoms with Crippen LogP contribution in [0.15, 0.2) is 30.3 Å². The maximum absolute atomic E-state index is 12.3. The number of nitrogens with zero attached hydrogens (tertiary/aromatic N) is 1. The maximum atomic E-state index is 12.3. The van der Waals surface area contributed by atoms with E-state index in [0.717, 1.165) is 32.5 Å². The van der Waals surface area contributed by atoms with Gasteiger partial charge >= 0.3 is 0 Å². The number of hydrogen-bond acceptors (Lipinski definition) is 2. The third kappa shape index (κ3) is 2.10. The summed E-state index contributed by atoms with van der Waals surface area (Å²) in [6.07, 6.45) is 3.40. The molecule has 1 aromatic carbocycles. The second-order valence-electron chi connectivity index (χ2n) is 6.17. The zero-order valence-electron chi connectivity index (χ0n) is 11.1. The van der Waals surface area contributed by atoms with E-state index in [-0.39, 0.29) is 5.41 Å². The normalized spacial score (nSPS) is 32.5. The molecule has 2 bridgehead atoms. The van der Waals surface area contributed by atoms with E-state index in [1.54, 1.807) is 0 Å². The first-order valence-electron chi connectivity index (χ1n) is 6.98. The average molecular weight is 243 g/mol. The predicted octanol–water partition coefficient (Wildman–Crippen LogP) is 2.88. The number of carbonyl (C=O) groups excluding carboxylic acids is 1. The van der Waals surface area contributed by atoms with Crippen LogP contribution in [0.25, 0.3) is 0 Å². The topological polar surface area (TPSA) is 20.3 Å². The SMILES string of the molecule is C[C@]12CCC[C@H](CN(Cc3ccccc3)C1)C2=O. The highest BCUT2D eigenvalue weighted by Crippen LogP contribution is 2.40. The molecular formula is C16H21NO. The van der Waals surface area contributed by atoms with Gasteiger partial charge in [-0.2, -0.15) is 0 Å². The molecule has 0 N–H and O–H groups in total. The van der Waals surface area contributed by atoms with Crippen molar-refractivity contribution < 1.29 is 4.79 Å². The second kappa shape index (κ2) is 4.51. The van der Waals surface area contributed by atoms with Crippen LogP contribution in [-0.2, 0) is 11.3 Å². The van der Waals surface area contributed by atoms with Crippen LogP contribution in [0.2, 0.25) is 0 Å². The number of Topliss-reactive ketones (excluding diaryl/α,β-unsaturated/α-hetero) is 1. The summed E-state index contributed by atoms with van der Waals surface area (Å²) in [6.45, 7) is 5.05. The van der Waals surface area contributed by atoms with Gasteiger partial charge in [-0.05, 0) is 18.4 Å². The molecule has 0 spiro atoms. The van der Waals surface area contributed by atoms with Crippen molar-refractivity contribution in [2.75, 3.05) is 13.1 Å². The number of fused-ring (bicyclic) bond motifs is 2. The van der Waals surface area contributed by atoms with Gasteiger partial charge in [-0.25, -0.2) is 0 Å². The van der Waals surface area contributed by atoms with Crippen molar-refractivity contribution in [3.05, 3.63) is 35.9 Å². The van der Waals surface area contributed by atoms with Crippen LogP contribution in [0, 0.1) is 11.3 Å². The summed E-state index contributed by atoms with van der Waals surface area (Å²) in [7, 11) is 0. The van der Waals surface area contributed by atoms with Gasteiger partial charge in [0.15, 0.2) is 0 Å². The van der Waals surface area contributed by atoms with E-state index in [9.17, 15) is 4.79 Å². The third-order valence-corrected chi connectivity index (χ3v) is 4.55. The molecule has 1 saturated heterocycles. The highest BCUT2D eigenvalue weighted by Gasteiger charge is 2.46. The fourth-order valence-electron chi connectivity index (χ4n) is 3.65. The lowest BCUT2D eigenvalue weighted by Gasteiger charge is -2.46. The van der Waals surface area contributed by atoms with Crippen molar-refractivity contribution in [3.63, 3.8) is 0 Å². The van der Waals surface area contributed by atoms with Crippen LogP contribution < -0.4 is 0 Å². The van der Waals surface area contributed by atoms with E-state index >= 15 is 0 Å². The van der Waals surface area contributed by atoms with Crippen LogP contribution in [0.1, 0.15) is 31.7 Å². The molecule has 0 aromatic heterocycles. The Labute approximate surface area is 109 Å². The second-order valence-corrected chi connectivity index (χ2v) is 6.17. The zero-order chi connectivity index (χ0) is 12.6. The highest BCUT2D eigenvalue weighted by molar-refractivity contribution is 5.88. The van der Waals surface area contributed by atoms with E-state index in [0.29, 0.717) is 11.7 Å². The van der Waals surface area contributed by atoms with Crippen molar-refractivity contribution in [1.29, 1.82) is 0 Å². The number of benzene rings is 1. The van der Waals surface area contributed by atoms with E-state index in [2.05, 4.69) is 42.2 Å². The van der Waals surface area contributed by atoms with E-state index < -0.39 is 0 Å². The van der Waals surface area contributed by atoms with Crippen molar-refractivity contribution in [1.82, 2.24) is 4.90 Å². The Morgan fingerprint density at radius 3 is 2.83 bits per heavy atom. The molecule has 0 radical (unpaired) electrons. The molecule has 1 aromatic rings. The Balaban J connectivity index is 1.74. The molecular weight excluding hydrogens is 222 g/mol. The molecule has 2 nitrogen and oxygen atoms in total. The number of ketones is 1. The molecule has 2 atom stereocenters. The molecule has 2 aliphatic rings. The summed E-state index contributed by atoms with van der Waals surface area (Å²) in [5.41, 5.74) is 1.28. The molecule has 0 unspecified atom stereocenters. The van der Waals surface area contributed by atoms with E-state index in [1.807, 2.05) is 0 Å². The van der Waals surface area contributed by atoms with E-state index in [4.69, 9.17) is 0 Å². The Morgan fingerprint density at radius 2 is 2.11 bits per heavy atom. The molecule has 96 valence electrons. The summed E-state index contributed by atoms with van der Waals surface area (Å²) < 4.78 is 0. The van der Waals surface area contributed by atoms with Gasteiger partial charge in [0.05, 0.1) is 0 Å². The summed E-state index contributed by atoms with van der Waals surface area (Å²) >= 11 is 0. The van der Waals surface area contributed by atoms with Gasteiger partial charge in [0.1, 0.15) is 5.78 Å². The number of hydrogen-bond donors (Lipinski definition) is 0. The van der Waals surface area contributed by atoms with Crippen LogP contribution in [0.3, 0.4) is 0 Å². The first-order valence-corrected chi connectivity index (χ1v) is 6.98. The molecule has 18 heavy (non-hydrogen) atoms. The molecule has 1 heterocycles. The lowest BCUT2D eigenvalue weighted by Crippen LogP contribution is -2.54. The maximum Gasteiger partial charge on any atom is 0.144 e. The summed E-state index contributed by atoms with van der Waals surface area (Å²) in [5, 5.41) is 0. The van der Waals surface area contributed by atoms with Crippen molar-refractivity contribution in [2.45, 2.75) is 32.7 Å². The summed E-state index contributed by atoms with van der Waals surface area (Å²) in [4.78, 5) is 14.8. The first kappa shape index (κ1) is 11.9. The highest BCUT2D eigenvalue weighted by atomic mass is 16.1. The molecule has 1 aliphatic heterocycles. The quantitative estimate of drug-likeness (QED) is 0.796. The number of piperidine rings is 1. The minimum absolute atomic E-state index is 0.0735. The molecule has 2 fully saturated rings. The van der Waals surface area contributed by atoms with Gasteiger partial charge in [-0.1, -0.05) is 43.7 Å². The standard InChI is InChI=1S/C16H21NO/c1-16-9-5-8-14(15(16)18)11-17(12-16)10-13-6-3-2-4-7-13/h2-4,6-7,14H,5,8-12H2,1H3/t14-,16+/m1/s1. The summed E-state index contributed by atoms with van der Waals surface area (Å²) in [6, 6.07) is 10.6. The Kier molecular flexibility index (Phi) is 2.98.